The van der Waals surface area contributed by atoms with E-state index >= 15 is 0 Å². The Morgan fingerprint density at radius 3 is 1.18 bits per heavy atom. The largest absolute Gasteiger partial charge is 0.249 e. The Labute approximate surface area is 337 Å². The third kappa shape index (κ3) is 4.55. The summed E-state index contributed by atoms with van der Waals surface area (Å²) in [7, 11) is 0. The van der Waals surface area contributed by atoms with Crippen molar-refractivity contribution in [3.63, 3.8) is 0 Å². The highest BCUT2D eigenvalue weighted by molar-refractivity contribution is 8.05. The van der Waals surface area contributed by atoms with Crippen molar-refractivity contribution in [2.45, 2.75) is 39.4 Å². The van der Waals surface area contributed by atoms with Crippen molar-refractivity contribution in [1.29, 1.82) is 0 Å². The molecule has 3 aromatic carbocycles. The topological polar surface area (TPSA) is 97.1 Å². The predicted octanol–water partition coefficient (Wildman–Crippen LogP) is 4.11. The van der Waals surface area contributed by atoms with Gasteiger partial charge in [0, 0.05) is 78.9 Å². The van der Waals surface area contributed by atoms with Crippen LogP contribution in [0.1, 0.15) is 0 Å². The van der Waals surface area contributed by atoms with Crippen LogP contribution in [0.4, 0.5) is 0 Å². The zero-order valence-corrected chi connectivity index (χ0v) is 32.2. The third-order valence-electron chi connectivity index (χ3n) is 10.8. The summed E-state index contributed by atoms with van der Waals surface area (Å²) in [6.07, 6.45) is 19.1. The summed E-state index contributed by atoms with van der Waals surface area (Å²) in [6.45, 7) is -0.0975. The van der Waals surface area contributed by atoms with Crippen molar-refractivity contribution in [3.05, 3.63) is 135 Å². The number of benzene rings is 3. The molecule has 16 heteroatoms. The van der Waals surface area contributed by atoms with Gasteiger partial charge < -0.3 is 0 Å². The van der Waals surface area contributed by atoms with Gasteiger partial charge in [0.2, 0.25) is 13.4 Å². The van der Waals surface area contributed by atoms with Crippen LogP contribution in [0.25, 0.3) is 22.7 Å². The highest BCUT2D eigenvalue weighted by Gasteiger charge is 2.48. The van der Waals surface area contributed by atoms with Crippen LogP contribution in [0.15, 0.2) is 174 Å². The molecule has 0 saturated carbocycles. The molecule has 0 bridgehead atoms. The zero-order valence-electron chi connectivity index (χ0n) is 29.0. The summed E-state index contributed by atoms with van der Waals surface area (Å²) in [4.78, 5) is 18.0. The van der Waals surface area contributed by atoms with E-state index in [2.05, 4.69) is 68.9 Å². The summed E-state index contributed by atoms with van der Waals surface area (Å²) >= 11 is 7.38. The molecule has 13 rings (SSSR count). The molecular weight excluding hydrogens is 770 g/mol. The molecule has 0 N–H and O–H groups in total. The summed E-state index contributed by atoms with van der Waals surface area (Å²) in [5.74, 6) is 0. The number of nitrogens with zero attached hydrogens (tertiary/aromatic N) is 10. The van der Waals surface area contributed by atoms with Crippen LogP contribution < -0.4 is 32.8 Å². The number of hydrogen-bond acceptors (Lipinski definition) is 10. The van der Waals surface area contributed by atoms with Gasteiger partial charge >= 0.3 is 0 Å². The molecular formula is C40H22B2N10S4. The van der Waals surface area contributed by atoms with E-state index in [0.29, 0.717) is 0 Å². The summed E-state index contributed by atoms with van der Waals surface area (Å²) in [5.41, 5.74) is 11.5. The van der Waals surface area contributed by atoms with Crippen molar-refractivity contribution in [2.75, 3.05) is 0 Å². The van der Waals surface area contributed by atoms with Crippen LogP contribution >= 0.6 is 47.0 Å². The zero-order chi connectivity index (χ0) is 36.5. The molecule has 0 amide bonds. The van der Waals surface area contributed by atoms with E-state index in [1.54, 1.807) is 23.5 Å². The van der Waals surface area contributed by atoms with Crippen LogP contribution in [0, 0.1) is 0 Å². The lowest BCUT2D eigenvalue weighted by Crippen LogP contribution is -2.63. The Balaban J connectivity index is 1.09. The van der Waals surface area contributed by atoms with Gasteiger partial charge in [-0.15, -0.1) is 0 Å². The van der Waals surface area contributed by atoms with Crippen LogP contribution in [-0.4, -0.2) is 62.5 Å². The first kappa shape index (κ1) is 31.5. The fourth-order valence-electron chi connectivity index (χ4n) is 8.43. The molecule has 56 heavy (non-hydrogen) atoms. The van der Waals surface area contributed by atoms with Crippen molar-refractivity contribution >= 4 is 93.2 Å². The molecule has 0 unspecified atom stereocenters. The Bertz CT molecular complexity index is 2650. The molecule has 4 aliphatic rings. The average Bonchev–Trinajstić information content (AvgIpc) is 4.10. The summed E-state index contributed by atoms with van der Waals surface area (Å²) in [5, 5.41) is 20.4. The van der Waals surface area contributed by atoms with E-state index < -0.39 is 0 Å². The first-order chi connectivity index (χ1) is 27.7. The number of rotatable bonds is 4. The van der Waals surface area contributed by atoms with Gasteiger partial charge in [-0.25, -0.2) is 28.7 Å². The van der Waals surface area contributed by atoms with Gasteiger partial charge in [-0.2, -0.15) is 20.4 Å². The van der Waals surface area contributed by atoms with Crippen LogP contribution in [0.5, 0.6) is 0 Å². The second-order valence-electron chi connectivity index (χ2n) is 13.8. The molecule has 10 heterocycles. The Morgan fingerprint density at radius 1 is 0.411 bits per heavy atom. The average molecular weight is 793 g/mol. The first-order valence-electron chi connectivity index (χ1n) is 18.0. The van der Waals surface area contributed by atoms with E-state index in [1.165, 1.54) is 62.1 Å². The number of pyridine rings is 2. The van der Waals surface area contributed by atoms with Gasteiger partial charge in [-0.3, -0.25) is 0 Å². The van der Waals surface area contributed by atoms with Gasteiger partial charge in [0.05, 0.1) is 45.2 Å². The van der Waals surface area contributed by atoms with Crippen LogP contribution in [0.3, 0.4) is 0 Å². The van der Waals surface area contributed by atoms with Crippen molar-refractivity contribution in [1.82, 2.24) is 49.1 Å². The third-order valence-corrected chi connectivity index (χ3v) is 15.8. The van der Waals surface area contributed by atoms with Gasteiger partial charge in [0.25, 0.3) is 0 Å². The van der Waals surface area contributed by atoms with E-state index in [0.717, 1.165) is 32.8 Å². The predicted molar refractivity (Wildman–Crippen MR) is 222 cm³/mol. The Hall–Kier alpha value is -5.67. The maximum Gasteiger partial charge on any atom is 0.249 e. The lowest BCUT2D eigenvalue weighted by atomic mass is 9.34. The first-order valence-corrected chi connectivity index (χ1v) is 21.2. The second kappa shape index (κ2) is 11.9. The number of hydrogen-bond donors (Lipinski definition) is 0. The van der Waals surface area contributed by atoms with Crippen molar-refractivity contribution in [2.24, 2.45) is 0 Å². The number of aromatic nitrogens is 10. The quantitative estimate of drug-likeness (QED) is 0.243. The van der Waals surface area contributed by atoms with Gasteiger partial charge in [-0.05, 0) is 94.6 Å². The number of fused-ring (bicyclic) bond motifs is 10. The lowest BCUT2D eigenvalue weighted by molar-refractivity contribution is 0.869. The Kier molecular flexibility index (Phi) is 6.71. The summed E-state index contributed by atoms with van der Waals surface area (Å²) in [6, 6.07) is 26.0. The monoisotopic (exact) mass is 792 g/mol. The van der Waals surface area contributed by atoms with Crippen LogP contribution in [-0.2, 0) is 0 Å². The maximum atomic E-state index is 5.18. The van der Waals surface area contributed by atoms with Crippen molar-refractivity contribution in [3.8, 4) is 22.7 Å². The highest BCUT2D eigenvalue weighted by atomic mass is 32.2. The minimum Gasteiger partial charge on any atom is -0.248 e. The fraction of sp³-hybridized carbons (Fsp3) is 0. The molecule has 0 radical (unpaired) electrons. The van der Waals surface area contributed by atoms with E-state index in [-0.39, 0.29) is 13.4 Å². The molecule has 0 saturated heterocycles. The molecule has 9 aromatic rings. The molecule has 0 fully saturated rings. The minimum atomic E-state index is -0.0487. The van der Waals surface area contributed by atoms with Crippen LogP contribution in [0.2, 0.25) is 0 Å². The SMILES string of the molecule is c1cnn(-c2ccc3c(c2)B2c4cc(-n5cccn5)cnc4Sc4c5c6c(c(c42)S3)Sc2ccc(-n3cccn3)cc2B6c2cc(-n3cccn3)cnc2S5)c1. The van der Waals surface area contributed by atoms with Gasteiger partial charge in [-0.1, -0.05) is 58.0 Å². The lowest BCUT2D eigenvalue weighted by Gasteiger charge is -2.40. The molecule has 0 spiro atoms. The van der Waals surface area contributed by atoms with Crippen molar-refractivity contribution < 1.29 is 0 Å². The molecule has 0 aliphatic carbocycles. The van der Waals surface area contributed by atoms with E-state index in [1.807, 2.05) is 128 Å². The molecule has 0 atom stereocenters. The van der Waals surface area contributed by atoms with Gasteiger partial charge in [0.15, 0.2) is 0 Å². The smallest absolute Gasteiger partial charge is 0.248 e. The molecule has 10 nitrogen and oxygen atoms in total. The van der Waals surface area contributed by atoms with E-state index in [4.69, 9.17) is 9.97 Å². The second-order valence-corrected chi connectivity index (χ2v) is 17.9. The Morgan fingerprint density at radius 2 is 0.786 bits per heavy atom. The fourth-order valence-corrected chi connectivity index (χ4v) is 13.7. The molecule has 4 aliphatic heterocycles. The molecule has 6 aromatic heterocycles. The molecule has 262 valence electrons. The highest BCUT2D eigenvalue weighted by Crippen LogP contribution is 2.50. The normalized spacial score (nSPS) is 14.1. The standard InChI is InChI=1S/C40H22B2N10S4/c1-9-45-49(13-1)23-5-7-31-27(17-23)41-29-19-25(51-15-3-11-47-51)21-43-39(29)55-37-33(41)35(53-31)36-34-38(37)56-40-30(20-26(22-44-40)52-16-4-12-48-52)42(34)28-18-24(6-8-32(28)54-36)50-14-2-10-46-50/h1-22H. The maximum absolute atomic E-state index is 5.18. The van der Waals surface area contributed by atoms with Gasteiger partial charge in [0.1, 0.15) is 0 Å². The van der Waals surface area contributed by atoms with E-state index in [9.17, 15) is 0 Å². The minimum absolute atomic E-state index is 0.0487. The summed E-state index contributed by atoms with van der Waals surface area (Å²) < 4.78 is 7.68.